The molecule has 0 aliphatic rings. The predicted molar refractivity (Wildman–Crippen MR) is 56.4 cm³/mol. The Labute approximate surface area is 93.2 Å². The van der Waals surface area contributed by atoms with E-state index in [4.69, 9.17) is 4.74 Å². The molecule has 1 unspecified atom stereocenters. The molecule has 4 heteroatoms. The van der Waals surface area contributed by atoms with Gasteiger partial charge in [0.25, 0.3) is 0 Å². The molecule has 0 saturated heterocycles. The molecule has 0 radical (unpaired) electrons. The van der Waals surface area contributed by atoms with Crippen molar-refractivity contribution in [3.8, 4) is 0 Å². The van der Waals surface area contributed by atoms with Crippen LogP contribution in [0.1, 0.15) is 30.6 Å². The third-order valence-corrected chi connectivity index (χ3v) is 2.32. The lowest BCUT2D eigenvalue weighted by molar-refractivity contribution is 0.0511. The lowest BCUT2D eigenvalue weighted by Gasteiger charge is -2.09. The van der Waals surface area contributed by atoms with Crippen LogP contribution in [0.15, 0.2) is 18.2 Å². The SMILES string of the molecule is CCC(C)OCC(=O)c1ccc(F)c(F)c1. The summed E-state index contributed by atoms with van der Waals surface area (Å²) in [7, 11) is 0. The fourth-order valence-corrected chi connectivity index (χ4v) is 1.09. The second kappa shape index (κ2) is 5.70. The minimum absolute atomic E-state index is 0.0192. The highest BCUT2D eigenvalue weighted by atomic mass is 19.2. The van der Waals surface area contributed by atoms with Crippen LogP contribution < -0.4 is 0 Å². The summed E-state index contributed by atoms with van der Waals surface area (Å²) < 4.78 is 30.7. The van der Waals surface area contributed by atoms with Crippen LogP contribution >= 0.6 is 0 Å². The van der Waals surface area contributed by atoms with Crippen LogP contribution in [0.3, 0.4) is 0 Å². The highest BCUT2D eigenvalue weighted by Crippen LogP contribution is 2.10. The van der Waals surface area contributed by atoms with E-state index in [1.807, 2.05) is 13.8 Å². The molecule has 0 aromatic heterocycles. The first-order valence-electron chi connectivity index (χ1n) is 5.14. The molecular weight excluding hydrogens is 214 g/mol. The summed E-state index contributed by atoms with van der Waals surface area (Å²) in [6.45, 7) is 3.67. The number of ether oxygens (including phenoxy) is 1. The molecule has 0 saturated carbocycles. The minimum atomic E-state index is -1.02. The molecule has 1 aromatic rings. The third-order valence-electron chi connectivity index (χ3n) is 2.32. The molecule has 0 aliphatic heterocycles. The van der Waals surface area contributed by atoms with Crippen LogP contribution in [0.4, 0.5) is 8.78 Å². The van der Waals surface area contributed by atoms with Crippen LogP contribution in [-0.4, -0.2) is 18.5 Å². The quantitative estimate of drug-likeness (QED) is 0.724. The van der Waals surface area contributed by atoms with Gasteiger partial charge in [0.15, 0.2) is 17.4 Å². The molecule has 2 nitrogen and oxygen atoms in total. The number of ketones is 1. The lowest BCUT2D eigenvalue weighted by atomic mass is 10.1. The smallest absolute Gasteiger partial charge is 0.188 e. The minimum Gasteiger partial charge on any atom is -0.370 e. The second-order valence-electron chi connectivity index (χ2n) is 3.58. The van der Waals surface area contributed by atoms with Crippen LogP contribution in [0, 0.1) is 11.6 Å². The molecular formula is C12H14F2O2. The first-order valence-corrected chi connectivity index (χ1v) is 5.14. The third kappa shape index (κ3) is 3.38. The Morgan fingerprint density at radius 2 is 2.06 bits per heavy atom. The molecule has 0 bridgehead atoms. The Bertz CT molecular complexity index is 377. The highest BCUT2D eigenvalue weighted by molar-refractivity contribution is 5.97. The van der Waals surface area contributed by atoms with E-state index in [0.717, 1.165) is 18.6 Å². The normalized spacial score (nSPS) is 12.5. The topological polar surface area (TPSA) is 26.3 Å². The van der Waals surface area contributed by atoms with E-state index in [2.05, 4.69) is 0 Å². The number of carbonyl (C=O) groups excluding carboxylic acids is 1. The number of rotatable bonds is 5. The van der Waals surface area contributed by atoms with Crippen LogP contribution in [0.2, 0.25) is 0 Å². The molecule has 0 N–H and O–H groups in total. The van der Waals surface area contributed by atoms with Gasteiger partial charge in [0.05, 0.1) is 6.10 Å². The van der Waals surface area contributed by atoms with E-state index >= 15 is 0 Å². The van der Waals surface area contributed by atoms with E-state index in [-0.39, 0.29) is 24.1 Å². The van der Waals surface area contributed by atoms with Crippen molar-refractivity contribution in [1.29, 1.82) is 0 Å². The van der Waals surface area contributed by atoms with Crippen LogP contribution in [0.5, 0.6) is 0 Å². The molecule has 0 fully saturated rings. The van der Waals surface area contributed by atoms with Gasteiger partial charge in [0.2, 0.25) is 0 Å². The first kappa shape index (κ1) is 12.8. The summed E-state index contributed by atoms with van der Waals surface area (Å²) >= 11 is 0. The summed E-state index contributed by atoms with van der Waals surface area (Å²) in [4.78, 5) is 11.5. The molecule has 0 amide bonds. The maximum Gasteiger partial charge on any atom is 0.188 e. The fraction of sp³-hybridized carbons (Fsp3) is 0.417. The van der Waals surface area contributed by atoms with Gasteiger partial charge in [-0.1, -0.05) is 6.92 Å². The molecule has 1 aromatic carbocycles. The summed E-state index contributed by atoms with van der Waals surface area (Å²) in [5.41, 5.74) is 0.127. The van der Waals surface area contributed by atoms with Crippen molar-refractivity contribution >= 4 is 5.78 Å². The first-order chi connectivity index (χ1) is 7.54. The van der Waals surface area contributed by atoms with Gasteiger partial charge in [0.1, 0.15) is 6.61 Å². The Morgan fingerprint density at radius 1 is 1.38 bits per heavy atom. The molecule has 0 heterocycles. The van der Waals surface area contributed by atoms with Crippen molar-refractivity contribution in [1.82, 2.24) is 0 Å². The Balaban J connectivity index is 2.63. The number of hydrogen-bond donors (Lipinski definition) is 0. The summed E-state index contributed by atoms with van der Waals surface area (Å²) in [6, 6.07) is 3.07. The maximum absolute atomic E-state index is 12.8. The number of carbonyl (C=O) groups is 1. The molecule has 88 valence electrons. The van der Waals surface area contributed by atoms with Crippen molar-refractivity contribution in [3.63, 3.8) is 0 Å². The van der Waals surface area contributed by atoms with E-state index in [1.165, 1.54) is 6.07 Å². The van der Waals surface area contributed by atoms with E-state index in [1.54, 1.807) is 0 Å². The Kier molecular flexibility index (Phi) is 4.55. The van der Waals surface area contributed by atoms with Gasteiger partial charge < -0.3 is 4.74 Å². The Hall–Kier alpha value is -1.29. The van der Waals surface area contributed by atoms with E-state index in [0.29, 0.717) is 0 Å². The zero-order valence-corrected chi connectivity index (χ0v) is 9.30. The van der Waals surface area contributed by atoms with Crippen molar-refractivity contribution in [2.75, 3.05) is 6.61 Å². The highest BCUT2D eigenvalue weighted by Gasteiger charge is 2.11. The fourth-order valence-electron chi connectivity index (χ4n) is 1.09. The number of hydrogen-bond acceptors (Lipinski definition) is 2. The molecule has 1 rings (SSSR count). The van der Waals surface area contributed by atoms with Crippen molar-refractivity contribution in [2.45, 2.75) is 26.4 Å². The van der Waals surface area contributed by atoms with Crippen LogP contribution in [-0.2, 0) is 4.74 Å². The van der Waals surface area contributed by atoms with E-state index < -0.39 is 11.6 Å². The zero-order valence-electron chi connectivity index (χ0n) is 9.30. The predicted octanol–water partition coefficient (Wildman–Crippen LogP) is 2.96. The summed E-state index contributed by atoms with van der Waals surface area (Å²) in [5, 5.41) is 0. The van der Waals surface area contributed by atoms with Gasteiger partial charge in [-0.25, -0.2) is 8.78 Å². The zero-order chi connectivity index (χ0) is 12.1. The average Bonchev–Trinajstić information content (AvgIpc) is 2.29. The molecule has 0 aliphatic carbocycles. The number of halogens is 2. The van der Waals surface area contributed by atoms with Crippen LogP contribution in [0.25, 0.3) is 0 Å². The van der Waals surface area contributed by atoms with Gasteiger partial charge >= 0.3 is 0 Å². The monoisotopic (exact) mass is 228 g/mol. The van der Waals surface area contributed by atoms with Crippen molar-refractivity contribution in [2.24, 2.45) is 0 Å². The van der Waals surface area contributed by atoms with Gasteiger partial charge in [-0.3, -0.25) is 4.79 Å². The average molecular weight is 228 g/mol. The van der Waals surface area contributed by atoms with E-state index in [9.17, 15) is 13.6 Å². The molecule has 0 spiro atoms. The summed E-state index contributed by atoms with van der Waals surface area (Å²) in [6.07, 6.45) is 0.777. The van der Waals surface area contributed by atoms with Gasteiger partial charge in [-0.15, -0.1) is 0 Å². The van der Waals surface area contributed by atoms with Crippen molar-refractivity contribution < 1.29 is 18.3 Å². The second-order valence-corrected chi connectivity index (χ2v) is 3.58. The molecule has 1 atom stereocenters. The summed E-state index contributed by atoms with van der Waals surface area (Å²) in [5.74, 6) is -2.33. The lowest BCUT2D eigenvalue weighted by Crippen LogP contribution is -2.15. The maximum atomic E-state index is 12.8. The van der Waals surface area contributed by atoms with Gasteiger partial charge in [-0.2, -0.15) is 0 Å². The van der Waals surface area contributed by atoms with Gasteiger partial charge in [0, 0.05) is 5.56 Å². The number of benzene rings is 1. The molecule has 16 heavy (non-hydrogen) atoms. The van der Waals surface area contributed by atoms with Crippen molar-refractivity contribution in [3.05, 3.63) is 35.4 Å². The number of Topliss-reactive ketones (excluding diaryl/α,β-unsaturated/α-hetero) is 1. The standard InChI is InChI=1S/C12H14F2O2/c1-3-8(2)16-7-12(15)9-4-5-10(13)11(14)6-9/h4-6,8H,3,7H2,1-2H3. The van der Waals surface area contributed by atoms with Gasteiger partial charge in [-0.05, 0) is 31.5 Å². The largest absolute Gasteiger partial charge is 0.370 e. The Morgan fingerprint density at radius 3 is 2.62 bits per heavy atom.